The van der Waals surface area contributed by atoms with Crippen LogP contribution < -0.4 is 20.2 Å². The summed E-state index contributed by atoms with van der Waals surface area (Å²) in [6.45, 7) is 13.5. The smallest absolute Gasteiger partial charge is 0.148 e. The number of hydrogen-bond acceptors (Lipinski definition) is 4. The van der Waals surface area contributed by atoms with E-state index < -0.39 is 39.4 Å². The molecular formula is C60H46F4N4Si2. The van der Waals surface area contributed by atoms with Gasteiger partial charge in [-0.25, -0.2) is 17.6 Å². The zero-order chi connectivity index (χ0) is 49.2. The Kier molecular flexibility index (Phi) is 11.4. The standard InChI is InChI=1S/C60H46F4N4Si2/c1-69(2,3)45-21-17-43(18-22-45)67(57-33-51(61)49(31-53(57)63)41-11-7-9-37(29-41)35-65)55-27-15-39-14-26-48-56(28-16-40-13-25-47(55)59(39)60(40)48)68(44-19-23-46(24-20-44)70(4,5)6)58-34-52(62)50(32-54(58)64)42-12-8-10-38(30-42)36-66/h7-34H,1-6H3. The van der Waals surface area contributed by atoms with Gasteiger partial charge in [-0.15, -0.1) is 0 Å². The molecule has 0 unspecified atom stereocenters. The zero-order valence-corrected chi connectivity index (χ0v) is 41.5. The molecule has 0 aliphatic rings. The second-order valence-corrected chi connectivity index (χ2v) is 30.0. The second-order valence-electron chi connectivity index (χ2n) is 19.8. The number of nitrogens with zero attached hydrogens (tertiary/aromatic N) is 4. The van der Waals surface area contributed by atoms with Crippen LogP contribution in [0.2, 0.25) is 39.3 Å². The van der Waals surface area contributed by atoms with Gasteiger partial charge in [-0.3, -0.25) is 0 Å². The summed E-state index contributed by atoms with van der Waals surface area (Å²) in [5, 5.41) is 26.6. The van der Waals surface area contributed by atoms with Gasteiger partial charge >= 0.3 is 0 Å². The molecule has 0 fully saturated rings. The topological polar surface area (TPSA) is 54.1 Å². The quantitative estimate of drug-likeness (QED) is 0.0779. The summed E-state index contributed by atoms with van der Waals surface area (Å²) in [5.74, 6) is -2.62. The van der Waals surface area contributed by atoms with Crippen LogP contribution in [-0.2, 0) is 0 Å². The molecule has 0 spiro atoms. The Labute approximate surface area is 406 Å². The predicted octanol–water partition coefficient (Wildman–Crippen LogP) is 16.2. The molecule has 342 valence electrons. The third-order valence-corrected chi connectivity index (χ3v) is 17.4. The Morgan fingerprint density at radius 2 is 0.757 bits per heavy atom. The lowest BCUT2D eigenvalue weighted by Crippen LogP contribution is -2.37. The molecule has 0 aromatic heterocycles. The molecule has 0 saturated heterocycles. The molecule has 0 aliphatic carbocycles. The van der Waals surface area contributed by atoms with E-state index in [4.69, 9.17) is 0 Å². The molecule has 0 amide bonds. The normalized spacial score (nSPS) is 11.8. The van der Waals surface area contributed by atoms with Gasteiger partial charge in [-0.2, -0.15) is 10.5 Å². The van der Waals surface area contributed by atoms with Crippen LogP contribution in [0.5, 0.6) is 0 Å². The number of benzene rings is 10. The fourth-order valence-electron chi connectivity index (χ4n) is 9.57. The van der Waals surface area contributed by atoms with Gasteiger partial charge in [0.25, 0.3) is 0 Å². The lowest BCUT2D eigenvalue weighted by atomic mass is 9.91. The minimum Gasteiger partial charge on any atom is -0.307 e. The van der Waals surface area contributed by atoms with E-state index in [-0.39, 0.29) is 22.5 Å². The van der Waals surface area contributed by atoms with E-state index in [0.717, 1.165) is 32.3 Å². The molecule has 10 aromatic carbocycles. The van der Waals surface area contributed by atoms with Crippen molar-refractivity contribution < 1.29 is 17.6 Å². The van der Waals surface area contributed by atoms with E-state index in [1.54, 1.807) is 58.3 Å². The molecule has 0 aliphatic heterocycles. The van der Waals surface area contributed by atoms with E-state index in [0.29, 0.717) is 45.0 Å². The van der Waals surface area contributed by atoms with Gasteiger partial charge in [-0.05, 0) is 105 Å². The molecule has 10 rings (SSSR count). The molecule has 10 aromatic rings. The summed E-state index contributed by atoms with van der Waals surface area (Å²) in [7, 11) is -3.49. The Bertz CT molecular complexity index is 3520. The summed E-state index contributed by atoms with van der Waals surface area (Å²) in [4.78, 5) is 3.51. The number of hydrogen-bond donors (Lipinski definition) is 0. The van der Waals surface area contributed by atoms with Crippen molar-refractivity contribution in [3.05, 3.63) is 204 Å². The largest absolute Gasteiger partial charge is 0.307 e. The van der Waals surface area contributed by atoms with Crippen molar-refractivity contribution in [1.82, 2.24) is 0 Å². The van der Waals surface area contributed by atoms with E-state index in [1.165, 1.54) is 34.6 Å². The van der Waals surface area contributed by atoms with E-state index in [9.17, 15) is 10.5 Å². The summed E-state index contributed by atoms with van der Waals surface area (Å²) in [6.07, 6.45) is 0. The van der Waals surface area contributed by atoms with Crippen LogP contribution in [0.25, 0.3) is 54.6 Å². The highest BCUT2D eigenvalue weighted by atomic mass is 28.3. The highest BCUT2D eigenvalue weighted by Crippen LogP contribution is 2.49. The van der Waals surface area contributed by atoms with Crippen LogP contribution >= 0.6 is 0 Å². The Balaban J connectivity index is 1.20. The van der Waals surface area contributed by atoms with Crippen LogP contribution in [0, 0.1) is 45.9 Å². The average Bonchev–Trinajstić information content (AvgIpc) is 3.35. The fourth-order valence-corrected chi connectivity index (χ4v) is 11.9. The van der Waals surface area contributed by atoms with Gasteiger partial charge in [0, 0.05) is 45.4 Å². The van der Waals surface area contributed by atoms with Crippen molar-refractivity contribution in [2.24, 2.45) is 0 Å². The average molecular weight is 955 g/mol. The first kappa shape index (κ1) is 45.7. The van der Waals surface area contributed by atoms with Gasteiger partial charge in [0.2, 0.25) is 0 Å². The van der Waals surface area contributed by atoms with Gasteiger partial charge < -0.3 is 9.80 Å². The SMILES string of the molecule is C[Si](C)(C)c1ccc(N(c2cc(F)c(-c3cccc(C#N)c3)cc2F)c2ccc3ccc4c(N(c5ccc([Si](C)(C)C)cc5)c5cc(F)c(-c6cccc(C#N)c6)cc5F)ccc5ccc2c3c54)cc1. The van der Waals surface area contributed by atoms with Crippen LogP contribution in [0.1, 0.15) is 11.1 Å². The first-order chi connectivity index (χ1) is 33.5. The summed E-state index contributed by atoms with van der Waals surface area (Å²) < 4.78 is 67.1. The summed E-state index contributed by atoms with van der Waals surface area (Å²) >= 11 is 0. The van der Waals surface area contributed by atoms with Gasteiger partial charge in [0.05, 0.1) is 62.2 Å². The molecule has 0 atom stereocenters. The molecule has 10 heteroatoms. The van der Waals surface area contributed by atoms with Gasteiger partial charge in [-0.1, -0.05) is 135 Å². The van der Waals surface area contributed by atoms with Crippen molar-refractivity contribution in [3.8, 4) is 34.4 Å². The van der Waals surface area contributed by atoms with Crippen molar-refractivity contribution in [2.45, 2.75) is 39.3 Å². The Morgan fingerprint density at radius 3 is 1.11 bits per heavy atom. The minimum absolute atomic E-state index is 0.00223. The maximum atomic E-state index is 17.0. The molecule has 0 heterocycles. The zero-order valence-electron chi connectivity index (χ0n) is 39.5. The molecule has 0 saturated carbocycles. The second kappa shape index (κ2) is 17.5. The number of nitriles is 2. The maximum Gasteiger partial charge on any atom is 0.148 e. The lowest BCUT2D eigenvalue weighted by Gasteiger charge is -2.30. The first-order valence-corrected chi connectivity index (χ1v) is 30.0. The molecule has 0 radical (unpaired) electrons. The van der Waals surface area contributed by atoms with Crippen LogP contribution in [0.4, 0.5) is 51.7 Å². The maximum absolute atomic E-state index is 17.0. The number of halogens is 4. The molecule has 4 nitrogen and oxygen atoms in total. The van der Waals surface area contributed by atoms with Crippen molar-refractivity contribution in [3.63, 3.8) is 0 Å². The van der Waals surface area contributed by atoms with Crippen molar-refractivity contribution in [1.29, 1.82) is 10.5 Å². The van der Waals surface area contributed by atoms with E-state index in [2.05, 4.69) is 75.7 Å². The van der Waals surface area contributed by atoms with Gasteiger partial charge in [0.1, 0.15) is 23.3 Å². The highest BCUT2D eigenvalue weighted by Gasteiger charge is 2.27. The third kappa shape index (κ3) is 8.15. The molecule has 0 N–H and O–H groups in total. The van der Waals surface area contributed by atoms with Gasteiger partial charge in [0.15, 0.2) is 0 Å². The minimum atomic E-state index is -1.75. The molecule has 70 heavy (non-hydrogen) atoms. The first-order valence-electron chi connectivity index (χ1n) is 23.0. The third-order valence-electron chi connectivity index (χ3n) is 13.2. The highest BCUT2D eigenvalue weighted by molar-refractivity contribution is 6.89. The predicted molar refractivity (Wildman–Crippen MR) is 286 cm³/mol. The van der Waals surface area contributed by atoms with E-state index >= 15 is 17.6 Å². The fraction of sp³-hybridized carbons (Fsp3) is 0.100. The summed E-state index contributed by atoms with van der Waals surface area (Å²) in [6, 6.07) is 53.8. The Hall–Kier alpha value is -8.03. The lowest BCUT2D eigenvalue weighted by molar-refractivity contribution is 0.604. The van der Waals surface area contributed by atoms with Crippen LogP contribution in [0.15, 0.2) is 170 Å². The van der Waals surface area contributed by atoms with Crippen LogP contribution in [0.3, 0.4) is 0 Å². The number of anilines is 6. The Morgan fingerprint density at radius 1 is 0.386 bits per heavy atom. The van der Waals surface area contributed by atoms with Crippen molar-refractivity contribution in [2.75, 3.05) is 9.80 Å². The summed E-state index contributed by atoms with van der Waals surface area (Å²) in [5.41, 5.74) is 3.98. The van der Waals surface area contributed by atoms with Crippen molar-refractivity contribution >= 4 is 93.0 Å². The molecular weight excluding hydrogens is 909 g/mol. The molecule has 0 bridgehead atoms. The van der Waals surface area contributed by atoms with Crippen LogP contribution in [-0.4, -0.2) is 16.1 Å². The van der Waals surface area contributed by atoms with E-state index in [1.807, 2.05) is 72.8 Å². The monoisotopic (exact) mass is 954 g/mol. The number of rotatable bonds is 10.